The van der Waals surface area contributed by atoms with Crippen LogP contribution >= 0.6 is 12.2 Å². The van der Waals surface area contributed by atoms with Crippen LogP contribution in [-0.4, -0.2) is 29.0 Å². The summed E-state index contributed by atoms with van der Waals surface area (Å²) < 4.78 is 0. The van der Waals surface area contributed by atoms with Gasteiger partial charge in [0, 0.05) is 19.0 Å². The number of hydrogen-bond acceptors (Lipinski definition) is 2. The van der Waals surface area contributed by atoms with Gasteiger partial charge in [-0.3, -0.25) is 4.90 Å². The summed E-state index contributed by atoms with van der Waals surface area (Å²) in [7, 11) is 0. The molecule has 16 heavy (non-hydrogen) atoms. The fourth-order valence-corrected chi connectivity index (χ4v) is 2.52. The van der Waals surface area contributed by atoms with Crippen LogP contribution in [0.25, 0.3) is 0 Å². The quantitative estimate of drug-likeness (QED) is 0.696. The maximum absolute atomic E-state index is 5.60. The third-order valence-electron chi connectivity index (χ3n) is 3.48. The molecule has 2 N–H and O–H groups in total. The molecule has 0 spiro atoms. The van der Waals surface area contributed by atoms with Crippen LogP contribution in [0.4, 0.5) is 0 Å². The molecular formula is C13H26N2S. The maximum atomic E-state index is 5.60. The Bertz CT molecular complexity index is 210. The van der Waals surface area contributed by atoms with Gasteiger partial charge in [0.15, 0.2) is 0 Å². The average Bonchev–Trinajstić information content (AvgIpc) is 2.70. The molecule has 1 saturated carbocycles. The zero-order valence-corrected chi connectivity index (χ0v) is 11.6. The summed E-state index contributed by atoms with van der Waals surface area (Å²) in [5.74, 6) is 0.786. The summed E-state index contributed by atoms with van der Waals surface area (Å²) in [6.45, 7) is 6.86. The third kappa shape index (κ3) is 5.26. The van der Waals surface area contributed by atoms with E-state index < -0.39 is 0 Å². The molecule has 0 aliphatic heterocycles. The normalized spacial score (nSPS) is 17.5. The number of thiocarbonyl (C=S) groups is 1. The van der Waals surface area contributed by atoms with Crippen LogP contribution in [0.5, 0.6) is 0 Å². The first kappa shape index (κ1) is 13.9. The van der Waals surface area contributed by atoms with E-state index in [4.69, 9.17) is 18.0 Å². The SMILES string of the molecule is CC(C)CCN(CCC(N)=S)C1CCCC1. The summed E-state index contributed by atoms with van der Waals surface area (Å²) in [4.78, 5) is 3.28. The van der Waals surface area contributed by atoms with Gasteiger partial charge in [-0.15, -0.1) is 0 Å². The molecule has 3 heteroatoms. The Morgan fingerprint density at radius 1 is 1.31 bits per heavy atom. The Kier molecular flexibility index (Phi) is 6.29. The molecule has 94 valence electrons. The minimum Gasteiger partial charge on any atom is -0.393 e. The lowest BCUT2D eigenvalue weighted by atomic mass is 10.1. The summed E-state index contributed by atoms with van der Waals surface area (Å²) >= 11 is 4.98. The van der Waals surface area contributed by atoms with Crippen molar-refractivity contribution in [2.45, 2.75) is 58.4 Å². The molecule has 2 nitrogen and oxygen atoms in total. The lowest BCUT2D eigenvalue weighted by Crippen LogP contribution is -2.36. The van der Waals surface area contributed by atoms with Crippen molar-refractivity contribution in [2.24, 2.45) is 11.7 Å². The Labute approximate surface area is 106 Å². The molecule has 0 saturated heterocycles. The fourth-order valence-electron chi connectivity index (χ4n) is 2.42. The number of nitrogens with two attached hydrogens (primary N) is 1. The maximum Gasteiger partial charge on any atom is 0.0740 e. The largest absolute Gasteiger partial charge is 0.393 e. The van der Waals surface area contributed by atoms with E-state index in [9.17, 15) is 0 Å². The van der Waals surface area contributed by atoms with Crippen LogP contribution < -0.4 is 5.73 Å². The molecule has 0 aromatic heterocycles. The molecule has 0 unspecified atom stereocenters. The van der Waals surface area contributed by atoms with Crippen molar-refractivity contribution < 1.29 is 0 Å². The summed E-state index contributed by atoms with van der Waals surface area (Å²) in [5.41, 5.74) is 5.60. The second-order valence-corrected chi connectivity index (χ2v) is 5.90. The van der Waals surface area contributed by atoms with E-state index in [-0.39, 0.29) is 0 Å². The minimum atomic E-state index is 0.660. The lowest BCUT2D eigenvalue weighted by Gasteiger charge is -2.29. The van der Waals surface area contributed by atoms with Crippen LogP contribution in [0.15, 0.2) is 0 Å². The highest BCUT2D eigenvalue weighted by atomic mass is 32.1. The van der Waals surface area contributed by atoms with Crippen molar-refractivity contribution >= 4 is 17.2 Å². The van der Waals surface area contributed by atoms with Gasteiger partial charge in [0.05, 0.1) is 4.99 Å². The zero-order valence-electron chi connectivity index (χ0n) is 10.7. The predicted octanol–water partition coefficient (Wildman–Crippen LogP) is 2.95. The van der Waals surface area contributed by atoms with E-state index in [1.165, 1.54) is 38.6 Å². The van der Waals surface area contributed by atoms with Gasteiger partial charge in [0.25, 0.3) is 0 Å². The van der Waals surface area contributed by atoms with E-state index in [0.717, 1.165) is 24.9 Å². The van der Waals surface area contributed by atoms with Crippen LogP contribution in [0.3, 0.4) is 0 Å². The predicted molar refractivity (Wildman–Crippen MR) is 74.7 cm³/mol. The van der Waals surface area contributed by atoms with Crippen LogP contribution in [0.1, 0.15) is 52.4 Å². The first-order valence-corrected chi connectivity index (χ1v) is 7.02. The van der Waals surface area contributed by atoms with Crippen molar-refractivity contribution in [1.29, 1.82) is 0 Å². The molecule has 1 aliphatic rings. The van der Waals surface area contributed by atoms with E-state index in [2.05, 4.69) is 18.7 Å². The monoisotopic (exact) mass is 242 g/mol. The number of rotatable bonds is 7. The third-order valence-corrected chi connectivity index (χ3v) is 3.68. The first-order chi connectivity index (χ1) is 7.59. The molecule has 0 atom stereocenters. The molecule has 0 bridgehead atoms. The van der Waals surface area contributed by atoms with Crippen LogP contribution in [-0.2, 0) is 0 Å². The van der Waals surface area contributed by atoms with Gasteiger partial charge in [-0.25, -0.2) is 0 Å². The zero-order chi connectivity index (χ0) is 12.0. The van der Waals surface area contributed by atoms with E-state index in [1.807, 2.05) is 0 Å². The molecule has 0 aromatic rings. The smallest absolute Gasteiger partial charge is 0.0740 e. The van der Waals surface area contributed by atoms with Gasteiger partial charge in [-0.05, 0) is 31.7 Å². The number of hydrogen-bond donors (Lipinski definition) is 1. The average molecular weight is 242 g/mol. The van der Waals surface area contributed by atoms with Crippen molar-refractivity contribution in [3.8, 4) is 0 Å². The molecule has 1 fully saturated rings. The van der Waals surface area contributed by atoms with Crippen molar-refractivity contribution in [3.05, 3.63) is 0 Å². The molecule has 1 aliphatic carbocycles. The fraction of sp³-hybridized carbons (Fsp3) is 0.923. The minimum absolute atomic E-state index is 0.660. The molecule has 0 aromatic carbocycles. The van der Waals surface area contributed by atoms with Crippen molar-refractivity contribution in [3.63, 3.8) is 0 Å². The van der Waals surface area contributed by atoms with Gasteiger partial charge in [-0.1, -0.05) is 38.9 Å². The second kappa shape index (κ2) is 7.23. The topological polar surface area (TPSA) is 29.3 Å². The Morgan fingerprint density at radius 2 is 1.94 bits per heavy atom. The van der Waals surface area contributed by atoms with Gasteiger partial charge in [0.2, 0.25) is 0 Å². The highest BCUT2D eigenvalue weighted by molar-refractivity contribution is 7.80. The van der Waals surface area contributed by atoms with Gasteiger partial charge in [0.1, 0.15) is 0 Å². The molecule has 0 amide bonds. The van der Waals surface area contributed by atoms with Gasteiger partial charge >= 0.3 is 0 Å². The Morgan fingerprint density at radius 3 is 2.44 bits per heavy atom. The molecular weight excluding hydrogens is 216 g/mol. The first-order valence-electron chi connectivity index (χ1n) is 6.62. The standard InChI is InChI=1S/C13H26N2S/c1-11(2)7-9-15(10-8-13(14)16)12-5-3-4-6-12/h11-12H,3-10H2,1-2H3,(H2,14,16). The van der Waals surface area contributed by atoms with Gasteiger partial charge < -0.3 is 5.73 Å². The number of nitrogens with zero attached hydrogens (tertiary/aromatic N) is 1. The van der Waals surface area contributed by atoms with Crippen LogP contribution in [0, 0.1) is 5.92 Å². The summed E-state index contributed by atoms with van der Waals surface area (Å²) in [6, 6.07) is 0.799. The van der Waals surface area contributed by atoms with E-state index >= 15 is 0 Å². The summed E-state index contributed by atoms with van der Waals surface area (Å²) in [5, 5.41) is 0. The molecule has 1 rings (SSSR count). The highest BCUT2D eigenvalue weighted by Crippen LogP contribution is 2.24. The van der Waals surface area contributed by atoms with E-state index in [0.29, 0.717) is 4.99 Å². The van der Waals surface area contributed by atoms with E-state index in [1.54, 1.807) is 0 Å². The van der Waals surface area contributed by atoms with Crippen LogP contribution in [0.2, 0.25) is 0 Å². The van der Waals surface area contributed by atoms with Crippen molar-refractivity contribution in [1.82, 2.24) is 4.90 Å². The molecule has 0 radical (unpaired) electrons. The summed E-state index contributed by atoms with van der Waals surface area (Å²) in [6.07, 6.45) is 7.70. The van der Waals surface area contributed by atoms with Gasteiger partial charge in [-0.2, -0.15) is 0 Å². The molecule has 0 heterocycles. The highest BCUT2D eigenvalue weighted by Gasteiger charge is 2.22. The Hall–Kier alpha value is -0.150. The Balaban J connectivity index is 2.36. The van der Waals surface area contributed by atoms with Crippen molar-refractivity contribution in [2.75, 3.05) is 13.1 Å². The lowest BCUT2D eigenvalue weighted by molar-refractivity contribution is 0.193. The second-order valence-electron chi connectivity index (χ2n) is 5.37.